The summed E-state index contributed by atoms with van der Waals surface area (Å²) in [5.41, 5.74) is -0.144. The number of ether oxygens (including phenoxy) is 3. The average molecular weight is 292 g/mol. The molecule has 0 saturated heterocycles. The molecule has 0 spiro atoms. The minimum Gasteiger partial charge on any atom is -0.497 e. The summed E-state index contributed by atoms with van der Waals surface area (Å²) in [5, 5.41) is 0. The number of carbonyl (C=O) groups is 2. The molecule has 0 unspecified atom stereocenters. The molecule has 114 valence electrons. The van der Waals surface area contributed by atoms with Crippen LogP contribution in [-0.2, 0) is 24.5 Å². The highest BCUT2D eigenvalue weighted by molar-refractivity contribution is 5.96. The molecule has 0 radical (unpaired) electrons. The lowest BCUT2D eigenvalue weighted by atomic mass is 9.93. The largest absolute Gasteiger partial charge is 0.497 e. The molecule has 0 bridgehead atoms. The fourth-order valence-corrected chi connectivity index (χ4v) is 2.60. The van der Waals surface area contributed by atoms with Crippen molar-refractivity contribution in [2.24, 2.45) is 5.92 Å². The number of carbonyl (C=O) groups excluding carboxylic acids is 2. The summed E-state index contributed by atoms with van der Waals surface area (Å²) in [6.07, 6.45) is 0.428. The molecule has 5 heteroatoms. The molecule has 0 aliphatic heterocycles. The van der Waals surface area contributed by atoms with Crippen molar-refractivity contribution in [2.45, 2.75) is 25.7 Å². The molecule has 1 aromatic rings. The Balaban J connectivity index is 2.29. The van der Waals surface area contributed by atoms with E-state index >= 15 is 0 Å². The first-order chi connectivity index (χ1) is 10.1. The predicted octanol–water partition coefficient (Wildman–Crippen LogP) is 2.08. The van der Waals surface area contributed by atoms with Crippen molar-refractivity contribution in [3.05, 3.63) is 29.8 Å². The summed E-state index contributed by atoms with van der Waals surface area (Å²) in [6, 6.07) is 7.15. The zero-order valence-corrected chi connectivity index (χ0v) is 12.5. The van der Waals surface area contributed by atoms with E-state index in [0.717, 1.165) is 5.56 Å². The highest BCUT2D eigenvalue weighted by Crippen LogP contribution is 2.56. The van der Waals surface area contributed by atoms with Gasteiger partial charge in [0, 0.05) is 0 Å². The van der Waals surface area contributed by atoms with Gasteiger partial charge in [-0.2, -0.15) is 0 Å². The third kappa shape index (κ3) is 2.73. The first-order valence-electron chi connectivity index (χ1n) is 7.08. The number of hydrogen-bond donors (Lipinski definition) is 0. The number of esters is 2. The maximum atomic E-state index is 12.3. The van der Waals surface area contributed by atoms with Crippen LogP contribution in [0.3, 0.4) is 0 Å². The van der Waals surface area contributed by atoms with Crippen molar-refractivity contribution in [3.63, 3.8) is 0 Å². The second-order valence-corrected chi connectivity index (χ2v) is 4.93. The van der Waals surface area contributed by atoms with Crippen LogP contribution < -0.4 is 4.74 Å². The topological polar surface area (TPSA) is 61.8 Å². The van der Waals surface area contributed by atoms with E-state index in [1.54, 1.807) is 45.2 Å². The van der Waals surface area contributed by atoms with Gasteiger partial charge in [-0.1, -0.05) is 12.1 Å². The molecule has 2 rings (SSSR count). The van der Waals surface area contributed by atoms with Crippen molar-refractivity contribution in [2.75, 3.05) is 20.3 Å². The van der Waals surface area contributed by atoms with E-state index in [1.807, 2.05) is 0 Å². The molecule has 1 aliphatic rings. The van der Waals surface area contributed by atoms with E-state index in [4.69, 9.17) is 14.2 Å². The minimum atomic E-state index is -0.908. The van der Waals surface area contributed by atoms with Crippen LogP contribution in [0.1, 0.15) is 25.8 Å². The van der Waals surface area contributed by atoms with E-state index in [2.05, 4.69) is 0 Å². The number of methoxy groups -OCH3 is 1. The van der Waals surface area contributed by atoms with Crippen molar-refractivity contribution >= 4 is 11.9 Å². The van der Waals surface area contributed by atoms with E-state index in [-0.39, 0.29) is 18.5 Å². The highest BCUT2D eigenvalue weighted by atomic mass is 16.5. The van der Waals surface area contributed by atoms with Gasteiger partial charge in [0.25, 0.3) is 0 Å². The number of benzene rings is 1. The van der Waals surface area contributed by atoms with Crippen LogP contribution in [0.5, 0.6) is 5.75 Å². The third-order valence-corrected chi connectivity index (χ3v) is 3.78. The number of hydrogen-bond acceptors (Lipinski definition) is 5. The van der Waals surface area contributed by atoms with Crippen LogP contribution >= 0.6 is 0 Å². The fourth-order valence-electron chi connectivity index (χ4n) is 2.60. The van der Waals surface area contributed by atoms with Crippen LogP contribution in [0.2, 0.25) is 0 Å². The Bertz CT molecular complexity index is 522. The summed E-state index contributed by atoms with van der Waals surface area (Å²) >= 11 is 0. The maximum absolute atomic E-state index is 12.3. The molecule has 21 heavy (non-hydrogen) atoms. The minimum absolute atomic E-state index is 0.284. The van der Waals surface area contributed by atoms with Gasteiger partial charge in [0.1, 0.15) is 11.2 Å². The Morgan fingerprint density at radius 2 is 1.76 bits per heavy atom. The standard InChI is InChI=1S/C16H20O5/c1-4-20-14(17)13-10-16(13,15(18)21-5-2)11-6-8-12(19-3)9-7-11/h6-9,13H,4-5,10H2,1-3H3/t13-,16-/m1/s1. The smallest absolute Gasteiger partial charge is 0.317 e. The monoisotopic (exact) mass is 292 g/mol. The highest BCUT2D eigenvalue weighted by Gasteiger charge is 2.66. The average Bonchev–Trinajstić information content (AvgIpc) is 3.25. The molecule has 0 heterocycles. The second kappa shape index (κ2) is 6.16. The summed E-state index contributed by atoms with van der Waals surface area (Å²) in [6.45, 7) is 4.09. The van der Waals surface area contributed by atoms with Crippen LogP contribution in [0.4, 0.5) is 0 Å². The molecule has 5 nitrogen and oxygen atoms in total. The summed E-state index contributed by atoms with van der Waals surface area (Å²) < 4.78 is 15.3. The molecule has 2 atom stereocenters. The van der Waals surface area contributed by atoms with Crippen LogP contribution in [-0.4, -0.2) is 32.3 Å². The van der Waals surface area contributed by atoms with Crippen molar-refractivity contribution in [3.8, 4) is 5.75 Å². The Kier molecular flexibility index (Phi) is 4.50. The maximum Gasteiger partial charge on any atom is 0.317 e. The van der Waals surface area contributed by atoms with Crippen LogP contribution in [0, 0.1) is 5.92 Å². The van der Waals surface area contributed by atoms with E-state index in [9.17, 15) is 9.59 Å². The van der Waals surface area contributed by atoms with Gasteiger partial charge in [-0.3, -0.25) is 9.59 Å². The lowest BCUT2D eigenvalue weighted by Crippen LogP contribution is -2.28. The van der Waals surface area contributed by atoms with Crippen LogP contribution in [0.15, 0.2) is 24.3 Å². The van der Waals surface area contributed by atoms with Gasteiger partial charge >= 0.3 is 11.9 Å². The molecule has 0 N–H and O–H groups in total. The Morgan fingerprint density at radius 1 is 1.14 bits per heavy atom. The van der Waals surface area contributed by atoms with Gasteiger partial charge in [-0.05, 0) is 38.0 Å². The van der Waals surface area contributed by atoms with Crippen LogP contribution in [0.25, 0.3) is 0 Å². The fraction of sp³-hybridized carbons (Fsp3) is 0.500. The third-order valence-electron chi connectivity index (χ3n) is 3.78. The van der Waals surface area contributed by atoms with Crippen molar-refractivity contribution < 1.29 is 23.8 Å². The molecule has 1 saturated carbocycles. The Morgan fingerprint density at radius 3 is 2.29 bits per heavy atom. The molecule has 1 aromatic carbocycles. The first kappa shape index (κ1) is 15.4. The van der Waals surface area contributed by atoms with Gasteiger partial charge in [0.2, 0.25) is 0 Å². The van der Waals surface area contributed by atoms with Gasteiger partial charge in [0.05, 0.1) is 26.2 Å². The molecule has 0 aromatic heterocycles. The SMILES string of the molecule is CCOC(=O)[C@H]1C[C@@]1(C(=O)OCC)c1ccc(OC)cc1. The first-order valence-corrected chi connectivity index (χ1v) is 7.08. The van der Waals surface area contributed by atoms with Gasteiger partial charge in [-0.15, -0.1) is 0 Å². The molecule has 1 aliphatic carbocycles. The van der Waals surface area contributed by atoms with Gasteiger partial charge < -0.3 is 14.2 Å². The molecular formula is C16H20O5. The van der Waals surface area contributed by atoms with E-state index < -0.39 is 11.3 Å². The zero-order chi connectivity index (χ0) is 15.5. The predicted molar refractivity (Wildman–Crippen MR) is 76.0 cm³/mol. The van der Waals surface area contributed by atoms with Crippen molar-refractivity contribution in [1.29, 1.82) is 0 Å². The normalized spacial score (nSPS) is 23.3. The zero-order valence-electron chi connectivity index (χ0n) is 12.5. The lowest BCUT2D eigenvalue weighted by Gasteiger charge is -2.16. The van der Waals surface area contributed by atoms with Gasteiger partial charge in [0.15, 0.2) is 0 Å². The van der Waals surface area contributed by atoms with E-state index in [1.165, 1.54) is 0 Å². The molecular weight excluding hydrogens is 272 g/mol. The second-order valence-electron chi connectivity index (χ2n) is 4.93. The Hall–Kier alpha value is -2.04. The number of rotatable bonds is 6. The summed E-state index contributed by atoms with van der Waals surface area (Å²) in [7, 11) is 1.58. The quantitative estimate of drug-likeness (QED) is 0.751. The van der Waals surface area contributed by atoms with E-state index in [0.29, 0.717) is 18.8 Å². The molecule has 0 amide bonds. The van der Waals surface area contributed by atoms with Crippen molar-refractivity contribution in [1.82, 2.24) is 0 Å². The summed E-state index contributed by atoms with van der Waals surface area (Å²) in [4.78, 5) is 24.3. The van der Waals surface area contributed by atoms with Gasteiger partial charge in [-0.25, -0.2) is 0 Å². The molecule has 1 fully saturated rings. The Labute approximate surface area is 124 Å². The summed E-state index contributed by atoms with van der Waals surface area (Å²) in [5.74, 6) is -0.481. The lowest BCUT2D eigenvalue weighted by molar-refractivity contribution is -0.152.